The van der Waals surface area contributed by atoms with Crippen molar-refractivity contribution in [3.63, 3.8) is 0 Å². The van der Waals surface area contributed by atoms with Gasteiger partial charge in [-0.2, -0.15) is 0 Å². The molecule has 3 heteroatoms. The van der Waals surface area contributed by atoms with Gasteiger partial charge in [-0.3, -0.25) is 0 Å². The van der Waals surface area contributed by atoms with Gasteiger partial charge in [-0.05, 0) is 49.4 Å². The van der Waals surface area contributed by atoms with Gasteiger partial charge in [0.25, 0.3) is 0 Å². The highest BCUT2D eigenvalue weighted by Crippen LogP contribution is 2.39. The first-order chi connectivity index (χ1) is 11.2. The minimum Gasteiger partial charge on any atom is -0.497 e. The highest BCUT2D eigenvalue weighted by molar-refractivity contribution is 5.86. The number of allylic oxidation sites excluding steroid dienone is 2. The average Bonchev–Trinajstić information content (AvgIpc) is 2.93. The molecule has 3 N–H and O–H groups in total. The Bertz CT molecular complexity index is 758. The standard InChI is InChI=1S/C20H26N2O/c1-12-4-6-15(13(2)10-12)19-20-16(8-9-21-19)17-11-14(23-3)5-7-18(17)22-20/h4-5,7,11,13,15,19,21-22H,6,8-10H2,1-3H3/p+1. The molecule has 2 aromatic rings. The number of aromatic nitrogens is 1. The van der Waals surface area contributed by atoms with Gasteiger partial charge in [-0.15, -0.1) is 0 Å². The number of hydrogen-bond donors (Lipinski definition) is 2. The Morgan fingerprint density at radius 1 is 1.30 bits per heavy atom. The van der Waals surface area contributed by atoms with Gasteiger partial charge in [0.1, 0.15) is 11.8 Å². The number of nitrogens with two attached hydrogens (primary N) is 1. The third-order valence-corrected chi connectivity index (χ3v) is 5.87. The largest absolute Gasteiger partial charge is 0.497 e. The third kappa shape index (κ3) is 2.47. The van der Waals surface area contributed by atoms with Crippen LogP contribution in [0.2, 0.25) is 0 Å². The first-order valence-corrected chi connectivity index (χ1v) is 8.85. The zero-order valence-electron chi connectivity index (χ0n) is 14.4. The molecule has 0 fully saturated rings. The van der Waals surface area contributed by atoms with Crippen LogP contribution in [0, 0.1) is 11.8 Å². The average molecular weight is 311 g/mol. The van der Waals surface area contributed by atoms with Crippen LogP contribution >= 0.6 is 0 Å². The molecule has 1 aliphatic heterocycles. The summed E-state index contributed by atoms with van der Waals surface area (Å²) in [6, 6.07) is 6.98. The molecule has 122 valence electrons. The molecule has 3 atom stereocenters. The predicted molar refractivity (Wildman–Crippen MR) is 93.7 cm³/mol. The smallest absolute Gasteiger partial charge is 0.130 e. The molecular weight excluding hydrogens is 284 g/mol. The van der Waals surface area contributed by atoms with Crippen LogP contribution in [0.25, 0.3) is 10.9 Å². The highest BCUT2D eigenvalue weighted by Gasteiger charge is 2.37. The summed E-state index contributed by atoms with van der Waals surface area (Å²) in [7, 11) is 1.75. The Balaban J connectivity index is 1.76. The molecule has 1 aliphatic carbocycles. The van der Waals surface area contributed by atoms with Gasteiger partial charge in [-0.25, -0.2) is 0 Å². The zero-order chi connectivity index (χ0) is 16.0. The summed E-state index contributed by atoms with van der Waals surface area (Å²) in [6.45, 7) is 5.89. The summed E-state index contributed by atoms with van der Waals surface area (Å²) in [5, 5.41) is 3.91. The molecule has 0 amide bonds. The first-order valence-electron chi connectivity index (χ1n) is 8.85. The van der Waals surface area contributed by atoms with Crippen LogP contribution < -0.4 is 10.1 Å². The van der Waals surface area contributed by atoms with Crippen molar-refractivity contribution in [3.8, 4) is 5.75 Å². The van der Waals surface area contributed by atoms with Gasteiger partial charge in [0.05, 0.1) is 19.3 Å². The maximum atomic E-state index is 5.43. The highest BCUT2D eigenvalue weighted by atomic mass is 16.5. The molecule has 2 heterocycles. The lowest BCUT2D eigenvalue weighted by Gasteiger charge is -2.34. The molecular formula is C20H27N2O+. The third-order valence-electron chi connectivity index (χ3n) is 5.87. The lowest BCUT2D eigenvalue weighted by Crippen LogP contribution is -2.88. The van der Waals surface area contributed by atoms with E-state index >= 15 is 0 Å². The Morgan fingerprint density at radius 2 is 2.17 bits per heavy atom. The molecule has 1 aromatic carbocycles. The normalized spacial score (nSPS) is 27.6. The van der Waals surface area contributed by atoms with E-state index in [9.17, 15) is 0 Å². The second-order valence-electron chi connectivity index (χ2n) is 7.36. The molecule has 23 heavy (non-hydrogen) atoms. The van der Waals surface area contributed by atoms with E-state index in [1.807, 2.05) is 0 Å². The topological polar surface area (TPSA) is 41.6 Å². The fraction of sp³-hybridized carbons (Fsp3) is 0.500. The van der Waals surface area contributed by atoms with Crippen molar-refractivity contribution in [2.24, 2.45) is 11.8 Å². The second-order valence-corrected chi connectivity index (χ2v) is 7.36. The fourth-order valence-corrected chi connectivity index (χ4v) is 4.66. The van der Waals surface area contributed by atoms with Crippen molar-refractivity contribution < 1.29 is 10.1 Å². The fourth-order valence-electron chi connectivity index (χ4n) is 4.66. The number of H-pyrrole nitrogens is 1. The minimum atomic E-state index is 0.566. The van der Waals surface area contributed by atoms with Crippen molar-refractivity contribution in [2.45, 2.75) is 39.2 Å². The summed E-state index contributed by atoms with van der Waals surface area (Å²) in [4.78, 5) is 3.74. The molecule has 0 bridgehead atoms. The van der Waals surface area contributed by atoms with Crippen molar-refractivity contribution >= 4 is 10.9 Å². The Hall–Kier alpha value is -1.74. The number of quaternary nitrogens is 1. The van der Waals surface area contributed by atoms with E-state index in [1.165, 1.54) is 41.5 Å². The number of ether oxygens (including phenoxy) is 1. The minimum absolute atomic E-state index is 0.566. The van der Waals surface area contributed by atoms with Crippen LogP contribution in [0.5, 0.6) is 5.75 Å². The van der Waals surface area contributed by atoms with Crippen LogP contribution in [0.3, 0.4) is 0 Å². The molecule has 3 unspecified atom stereocenters. The van der Waals surface area contributed by atoms with Crippen molar-refractivity contribution in [2.75, 3.05) is 13.7 Å². The molecule has 4 rings (SSSR count). The predicted octanol–water partition coefficient (Wildman–Crippen LogP) is 3.33. The molecule has 1 aromatic heterocycles. The monoisotopic (exact) mass is 311 g/mol. The van der Waals surface area contributed by atoms with Crippen molar-refractivity contribution in [1.29, 1.82) is 0 Å². The number of methoxy groups -OCH3 is 1. The first kappa shape index (κ1) is 14.8. The molecule has 0 saturated heterocycles. The van der Waals surface area contributed by atoms with Gasteiger partial charge in [0.15, 0.2) is 0 Å². The molecule has 0 radical (unpaired) electrons. The number of nitrogens with one attached hydrogen (secondary N) is 1. The van der Waals surface area contributed by atoms with E-state index in [2.05, 4.69) is 48.4 Å². The summed E-state index contributed by atoms with van der Waals surface area (Å²) < 4.78 is 5.43. The summed E-state index contributed by atoms with van der Waals surface area (Å²) in [5.41, 5.74) is 5.80. The quantitative estimate of drug-likeness (QED) is 0.821. The van der Waals surface area contributed by atoms with Crippen LogP contribution in [-0.4, -0.2) is 18.6 Å². The molecule has 0 spiro atoms. The molecule has 3 nitrogen and oxygen atoms in total. The van der Waals surface area contributed by atoms with Crippen LogP contribution in [0.15, 0.2) is 29.8 Å². The zero-order valence-corrected chi connectivity index (χ0v) is 14.4. The van der Waals surface area contributed by atoms with E-state index in [4.69, 9.17) is 4.74 Å². The summed E-state index contributed by atoms with van der Waals surface area (Å²) in [6.07, 6.45) is 6.07. The summed E-state index contributed by atoms with van der Waals surface area (Å²) >= 11 is 0. The number of benzene rings is 1. The lowest BCUT2D eigenvalue weighted by atomic mass is 9.74. The van der Waals surface area contributed by atoms with Gasteiger partial charge in [0, 0.05) is 23.2 Å². The van der Waals surface area contributed by atoms with Gasteiger partial charge in [0.2, 0.25) is 0 Å². The number of rotatable bonds is 2. The van der Waals surface area contributed by atoms with Crippen LogP contribution in [-0.2, 0) is 6.42 Å². The number of hydrogen-bond acceptors (Lipinski definition) is 1. The van der Waals surface area contributed by atoms with Gasteiger partial charge >= 0.3 is 0 Å². The van der Waals surface area contributed by atoms with Crippen molar-refractivity contribution in [1.82, 2.24) is 4.98 Å². The van der Waals surface area contributed by atoms with E-state index in [-0.39, 0.29) is 0 Å². The summed E-state index contributed by atoms with van der Waals surface area (Å²) in [5.74, 6) is 2.44. The number of aromatic amines is 1. The molecule has 0 saturated carbocycles. The second kappa shape index (κ2) is 5.72. The lowest BCUT2D eigenvalue weighted by molar-refractivity contribution is -0.707. The van der Waals surface area contributed by atoms with E-state index in [0.717, 1.165) is 24.0 Å². The van der Waals surface area contributed by atoms with E-state index in [0.29, 0.717) is 6.04 Å². The Morgan fingerprint density at radius 3 is 2.96 bits per heavy atom. The number of fused-ring (bicyclic) bond motifs is 3. The maximum absolute atomic E-state index is 5.43. The van der Waals surface area contributed by atoms with Crippen LogP contribution in [0.1, 0.15) is 44.0 Å². The SMILES string of the molecule is COc1ccc2[nH]c3c(c2c1)CC[NH2+]C3C1CC=C(C)CC1C. The van der Waals surface area contributed by atoms with E-state index < -0.39 is 0 Å². The Kier molecular flexibility index (Phi) is 3.68. The molecule has 2 aliphatic rings. The van der Waals surface area contributed by atoms with Gasteiger partial charge < -0.3 is 15.0 Å². The van der Waals surface area contributed by atoms with Crippen LogP contribution in [0.4, 0.5) is 0 Å². The van der Waals surface area contributed by atoms with E-state index in [1.54, 1.807) is 12.7 Å². The maximum Gasteiger partial charge on any atom is 0.130 e. The van der Waals surface area contributed by atoms with Crippen molar-refractivity contribution in [3.05, 3.63) is 41.1 Å². The Labute approximate surface area is 138 Å². The van der Waals surface area contributed by atoms with Gasteiger partial charge in [-0.1, -0.05) is 18.6 Å².